The second-order valence-corrected chi connectivity index (χ2v) is 12.5. The van der Waals surface area contributed by atoms with Gasteiger partial charge in [0.15, 0.2) is 17.7 Å². The number of halogens is 1. The molecular formula is C30H39ClN6O4. The van der Waals surface area contributed by atoms with Gasteiger partial charge in [-0.3, -0.25) is 25.1 Å². The minimum absolute atomic E-state index is 0.0331. The van der Waals surface area contributed by atoms with Gasteiger partial charge < -0.3 is 19.3 Å². The number of amides is 1. The van der Waals surface area contributed by atoms with Crippen LogP contribution in [0.3, 0.4) is 0 Å². The fraction of sp³-hybridized carbons (Fsp3) is 0.633. The Morgan fingerprint density at radius 3 is 2.88 bits per heavy atom. The first kappa shape index (κ1) is 28.6. The Morgan fingerprint density at radius 1 is 1.29 bits per heavy atom. The number of hydrogen-bond donors (Lipinski definition) is 2. The predicted octanol–water partition coefficient (Wildman–Crippen LogP) is 1.89. The summed E-state index contributed by atoms with van der Waals surface area (Å²) in [6, 6.07) is 7.54. The van der Waals surface area contributed by atoms with Crippen molar-refractivity contribution in [3.63, 3.8) is 0 Å². The van der Waals surface area contributed by atoms with E-state index in [0.717, 1.165) is 31.4 Å². The van der Waals surface area contributed by atoms with Gasteiger partial charge in [0.05, 0.1) is 42.4 Å². The Kier molecular flexibility index (Phi) is 8.11. The number of benzene rings is 1. The molecule has 220 valence electrons. The highest BCUT2D eigenvalue weighted by molar-refractivity contribution is 6.32. The zero-order chi connectivity index (χ0) is 28.7. The number of nitrogens with zero attached hydrogens (tertiary/aromatic N) is 4. The first-order valence-electron chi connectivity index (χ1n) is 14.7. The number of rotatable bonds is 6. The van der Waals surface area contributed by atoms with Crippen molar-refractivity contribution in [2.24, 2.45) is 5.92 Å². The number of ether oxygens (including phenoxy) is 2. The number of fused-ring (bicyclic) bond motifs is 2. The third kappa shape index (κ3) is 5.29. The van der Waals surface area contributed by atoms with Crippen LogP contribution >= 0.6 is 11.6 Å². The predicted molar refractivity (Wildman–Crippen MR) is 153 cm³/mol. The number of piperazine rings is 1. The van der Waals surface area contributed by atoms with Crippen LogP contribution in [-0.2, 0) is 20.7 Å². The Hall–Kier alpha value is -2.52. The lowest BCUT2D eigenvalue weighted by atomic mass is 9.70. The van der Waals surface area contributed by atoms with Gasteiger partial charge in [-0.05, 0) is 51.4 Å². The molecule has 4 aliphatic heterocycles. The molecule has 0 bridgehead atoms. The highest BCUT2D eigenvalue weighted by atomic mass is 35.5. The molecule has 10 nitrogen and oxygen atoms in total. The lowest BCUT2D eigenvalue weighted by molar-refractivity contribution is -0.157. The number of Topliss-reactive ketones (excluding diaryl/α,β-unsaturated/α-hetero) is 1. The topological polar surface area (TPSA) is 110 Å². The molecule has 6 unspecified atom stereocenters. The lowest BCUT2D eigenvalue weighted by Crippen LogP contribution is -2.75. The van der Waals surface area contributed by atoms with E-state index >= 15 is 0 Å². The minimum atomic E-state index is -0.946. The Morgan fingerprint density at radius 2 is 2.15 bits per heavy atom. The zero-order valence-corrected chi connectivity index (χ0v) is 24.3. The average Bonchev–Trinajstić information content (AvgIpc) is 3.57. The van der Waals surface area contributed by atoms with Gasteiger partial charge in [0.1, 0.15) is 5.75 Å². The zero-order valence-electron chi connectivity index (χ0n) is 23.6. The molecule has 4 fully saturated rings. The van der Waals surface area contributed by atoms with Gasteiger partial charge >= 0.3 is 0 Å². The second kappa shape index (κ2) is 11.6. The van der Waals surface area contributed by atoms with Gasteiger partial charge in [-0.1, -0.05) is 30.3 Å². The monoisotopic (exact) mass is 582 g/mol. The van der Waals surface area contributed by atoms with Crippen molar-refractivity contribution in [1.29, 1.82) is 5.26 Å². The maximum atomic E-state index is 14.3. The first-order chi connectivity index (χ1) is 19.8. The van der Waals surface area contributed by atoms with Crippen molar-refractivity contribution >= 4 is 23.3 Å². The van der Waals surface area contributed by atoms with Gasteiger partial charge in [0.2, 0.25) is 5.91 Å². The number of para-hydroxylation sites is 1. The molecule has 1 aromatic rings. The maximum Gasteiger partial charge on any atom is 0.246 e. The summed E-state index contributed by atoms with van der Waals surface area (Å²) in [6.45, 7) is 6.90. The Balaban J connectivity index is 1.24. The number of nitrogens with one attached hydrogen (secondary N) is 2. The van der Waals surface area contributed by atoms with E-state index in [1.165, 1.54) is 6.08 Å². The molecule has 6 rings (SSSR count). The average molecular weight is 583 g/mol. The van der Waals surface area contributed by atoms with Crippen molar-refractivity contribution in [1.82, 2.24) is 25.3 Å². The number of ketones is 1. The van der Waals surface area contributed by atoms with E-state index in [0.29, 0.717) is 55.9 Å². The van der Waals surface area contributed by atoms with Gasteiger partial charge in [0, 0.05) is 43.6 Å². The van der Waals surface area contributed by atoms with Crippen LogP contribution in [0.15, 0.2) is 30.9 Å². The molecule has 7 atom stereocenters. The van der Waals surface area contributed by atoms with Gasteiger partial charge in [-0.2, -0.15) is 5.26 Å². The quantitative estimate of drug-likeness (QED) is 0.486. The molecule has 1 amide bonds. The third-order valence-corrected chi connectivity index (χ3v) is 10.0. The summed E-state index contributed by atoms with van der Waals surface area (Å²) in [5, 5.41) is 17.2. The number of likely N-dealkylation sites (tertiary alicyclic amines) is 1. The van der Waals surface area contributed by atoms with E-state index in [9.17, 15) is 14.9 Å². The van der Waals surface area contributed by atoms with Crippen LogP contribution < -0.4 is 15.4 Å². The van der Waals surface area contributed by atoms with E-state index in [2.05, 4.69) is 40.1 Å². The summed E-state index contributed by atoms with van der Waals surface area (Å²) in [5.74, 6) is 0.461. The molecular weight excluding hydrogens is 544 g/mol. The summed E-state index contributed by atoms with van der Waals surface area (Å²) < 4.78 is 12.8. The van der Waals surface area contributed by atoms with Gasteiger partial charge in [-0.15, -0.1) is 0 Å². The van der Waals surface area contributed by atoms with E-state index in [1.807, 2.05) is 12.1 Å². The van der Waals surface area contributed by atoms with Gasteiger partial charge in [0.25, 0.3) is 0 Å². The number of carbonyl (C=O) groups is 2. The Bertz CT molecular complexity index is 1240. The molecule has 3 saturated heterocycles. The molecule has 1 saturated carbocycles. The fourth-order valence-electron chi connectivity index (χ4n) is 7.51. The van der Waals surface area contributed by atoms with Crippen LogP contribution in [0.2, 0.25) is 5.02 Å². The second-order valence-electron chi connectivity index (χ2n) is 12.1. The molecule has 0 radical (unpaired) electrons. The molecule has 1 aromatic carbocycles. The summed E-state index contributed by atoms with van der Waals surface area (Å²) in [4.78, 5) is 33.2. The van der Waals surface area contributed by atoms with Crippen molar-refractivity contribution in [2.45, 2.75) is 74.8 Å². The smallest absolute Gasteiger partial charge is 0.246 e. The highest BCUT2D eigenvalue weighted by Gasteiger charge is 2.58. The van der Waals surface area contributed by atoms with Crippen LogP contribution in [0, 0.1) is 17.2 Å². The van der Waals surface area contributed by atoms with E-state index in [-0.39, 0.29) is 36.2 Å². The molecule has 1 spiro atoms. The first-order valence-corrected chi connectivity index (χ1v) is 15.1. The summed E-state index contributed by atoms with van der Waals surface area (Å²) in [6.07, 6.45) is 4.96. The van der Waals surface area contributed by atoms with Crippen LogP contribution in [0.25, 0.3) is 0 Å². The molecule has 11 heteroatoms. The van der Waals surface area contributed by atoms with E-state index in [4.69, 9.17) is 21.1 Å². The molecule has 1 aliphatic carbocycles. The molecule has 0 aromatic heterocycles. The molecule has 41 heavy (non-hydrogen) atoms. The maximum absolute atomic E-state index is 14.3. The minimum Gasteiger partial charge on any atom is -0.477 e. The molecule has 4 heterocycles. The lowest BCUT2D eigenvalue weighted by Gasteiger charge is -2.53. The van der Waals surface area contributed by atoms with E-state index < -0.39 is 18.0 Å². The van der Waals surface area contributed by atoms with Crippen LogP contribution in [0.1, 0.15) is 37.7 Å². The summed E-state index contributed by atoms with van der Waals surface area (Å²) in [5.41, 5.74) is 0.0205. The Labute approximate surface area is 246 Å². The SMILES string of the molecule is C=CC(=O)N1CCN(C2NC(OCC3CCCN3C)NC3C(=O)[C@]4(CCC32)Cc2cccc(Cl)c2O4)CC1CC#N. The largest absolute Gasteiger partial charge is 0.477 e. The third-order valence-electron chi connectivity index (χ3n) is 9.74. The van der Waals surface area contributed by atoms with Crippen molar-refractivity contribution in [3.05, 3.63) is 41.4 Å². The standard InChI is InChI=1S/C30H39ClN6O4/c1-3-24(38)37-15-14-36(17-20(37)10-12-32)28-22-9-11-30(16-19-6-4-8-23(31)26(19)41-30)27(39)25(22)33-29(34-28)40-18-21-7-5-13-35(21)2/h3-4,6,8,20-22,25,28-29,33-34H,1,5,7,9-11,13-18H2,2H3/t20?,21?,22?,25?,28?,29?,30-/m0/s1. The summed E-state index contributed by atoms with van der Waals surface area (Å²) >= 11 is 6.45. The fourth-order valence-corrected chi connectivity index (χ4v) is 7.74. The van der Waals surface area contributed by atoms with Crippen molar-refractivity contribution in [2.75, 3.05) is 39.8 Å². The molecule has 2 N–H and O–H groups in total. The normalized spacial score (nSPS) is 35.5. The van der Waals surface area contributed by atoms with Crippen molar-refractivity contribution in [3.8, 4) is 11.8 Å². The number of likely N-dealkylation sites (N-methyl/N-ethyl adjacent to an activating group) is 1. The number of nitriles is 1. The van der Waals surface area contributed by atoms with Crippen molar-refractivity contribution < 1.29 is 19.1 Å². The highest BCUT2D eigenvalue weighted by Crippen LogP contribution is 2.47. The molecule has 5 aliphatic rings. The number of carbonyl (C=O) groups excluding carboxylic acids is 2. The van der Waals surface area contributed by atoms with Crippen LogP contribution in [0.5, 0.6) is 5.75 Å². The van der Waals surface area contributed by atoms with Gasteiger partial charge in [-0.25, -0.2) is 0 Å². The summed E-state index contributed by atoms with van der Waals surface area (Å²) in [7, 11) is 2.12. The van der Waals surface area contributed by atoms with Crippen LogP contribution in [0.4, 0.5) is 0 Å². The van der Waals surface area contributed by atoms with Crippen LogP contribution in [-0.4, -0.2) is 102 Å². The van der Waals surface area contributed by atoms with E-state index in [1.54, 1.807) is 11.0 Å². The number of hydrogen-bond acceptors (Lipinski definition) is 9.